The van der Waals surface area contributed by atoms with Gasteiger partial charge in [0, 0.05) is 13.1 Å². The first-order chi connectivity index (χ1) is 7.49. The maximum atomic E-state index is 11.9. The zero-order valence-corrected chi connectivity index (χ0v) is 10.8. The van der Waals surface area contributed by atoms with Crippen molar-refractivity contribution in [3.8, 4) is 0 Å². The maximum Gasteiger partial charge on any atom is 0.258 e. The Morgan fingerprint density at radius 2 is 2.00 bits per heavy atom. The van der Waals surface area contributed by atoms with Crippen LogP contribution in [0.2, 0.25) is 0 Å². The van der Waals surface area contributed by atoms with Crippen LogP contribution in [0.15, 0.2) is 21.4 Å². The Morgan fingerprint density at radius 3 is 2.50 bits per heavy atom. The van der Waals surface area contributed by atoms with Crippen molar-refractivity contribution < 1.29 is 17.6 Å². The molecule has 5 nitrogen and oxygen atoms in total. The number of carbonyl (C=O) groups excluding carboxylic acids is 1. The average molecular weight is 308 g/mol. The summed E-state index contributed by atoms with van der Waals surface area (Å²) in [6.07, 6.45) is 1.41. The first-order valence-corrected chi connectivity index (χ1v) is 7.34. The minimum atomic E-state index is -2.96. The second-order valence-electron chi connectivity index (χ2n) is 3.55. The van der Waals surface area contributed by atoms with Crippen molar-refractivity contribution in [2.24, 2.45) is 0 Å². The van der Waals surface area contributed by atoms with Gasteiger partial charge in [-0.3, -0.25) is 4.79 Å². The molecule has 16 heavy (non-hydrogen) atoms. The second kappa shape index (κ2) is 4.21. The summed E-state index contributed by atoms with van der Waals surface area (Å²) in [5, 5.41) is 0. The minimum absolute atomic E-state index is 0.0359. The molecule has 2 heterocycles. The van der Waals surface area contributed by atoms with Gasteiger partial charge >= 0.3 is 0 Å². The van der Waals surface area contributed by atoms with E-state index in [1.807, 2.05) is 0 Å². The molecule has 1 aromatic heterocycles. The van der Waals surface area contributed by atoms with Gasteiger partial charge in [0.25, 0.3) is 5.91 Å². The molecule has 7 heteroatoms. The van der Waals surface area contributed by atoms with Gasteiger partial charge in [-0.2, -0.15) is 0 Å². The highest BCUT2D eigenvalue weighted by atomic mass is 79.9. The van der Waals surface area contributed by atoms with Gasteiger partial charge in [0.05, 0.1) is 23.3 Å². The number of sulfone groups is 1. The molecule has 0 spiro atoms. The van der Waals surface area contributed by atoms with E-state index in [4.69, 9.17) is 4.42 Å². The molecule has 0 aliphatic carbocycles. The molecule has 1 aliphatic rings. The largest absolute Gasteiger partial charge is 0.457 e. The summed E-state index contributed by atoms with van der Waals surface area (Å²) in [5.74, 6) is -0.127. The van der Waals surface area contributed by atoms with Crippen LogP contribution in [0.25, 0.3) is 0 Å². The Balaban J connectivity index is 2.11. The molecule has 0 atom stereocenters. The first-order valence-electron chi connectivity index (χ1n) is 4.72. The van der Waals surface area contributed by atoms with Gasteiger partial charge in [-0.1, -0.05) is 0 Å². The molecule has 88 valence electrons. The van der Waals surface area contributed by atoms with Crippen molar-refractivity contribution in [1.82, 2.24) is 4.90 Å². The zero-order chi connectivity index (χ0) is 11.8. The third-order valence-electron chi connectivity index (χ3n) is 2.48. The lowest BCUT2D eigenvalue weighted by atomic mass is 10.3. The molecule has 1 aliphatic heterocycles. The van der Waals surface area contributed by atoms with E-state index < -0.39 is 9.84 Å². The Hall–Kier alpha value is -0.820. The van der Waals surface area contributed by atoms with E-state index in [9.17, 15) is 13.2 Å². The van der Waals surface area contributed by atoms with Crippen LogP contribution in [0.3, 0.4) is 0 Å². The van der Waals surface area contributed by atoms with Crippen molar-refractivity contribution in [2.75, 3.05) is 24.6 Å². The van der Waals surface area contributed by atoms with Gasteiger partial charge < -0.3 is 9.32 Å². The Labute approximate surface area is 101 Å². The van der Waals surface area contributed by atoms with Crippen LogP contribution in [-0.4, -0.2) is 43.8 Å². The van der Waals surface area contributed by atoms with Crippen molar-refractivity contribution >= 4 is 31.7 Å². The molecule has 1 saturated heterocycles. The smallest absolute Gasteiger partial charge is 0.258 e. The monoisotopic (exact) mass is 307 g/mol. The predicted octanol–water partition coefficient (Wildman–Crippen LogP) is 0.913. The van der Waals surface area contributed by atoms with Crippen LogP contribution in [0.4, 0.5) is 0 Å². The van der Waals surface area contributed by atoms with E-state index in [0.717, 1.165) is 0 Å². The molecular formula is C9H10BrNO4S. The number of rotatable bonds is 1. The minimum Gasteiger partial charge on any atom is -0.457 e. The normalized spacial score (nSPS) is 19.7. The Bertz CT molecular complexity index is 493. The van der Waals surface area contributed by atoms with E-state index in [1.54, 1.807) is 6.07 Å². The quantitative estimate of drug-likeness (QED) is 0.773. The lowest BCUT2D eigenvalue weighted by molar-refractivity contribution is 0.0768. The molecule has 0 aromatic carbocycles. The number of halogens is 1. The first kappa shape index (κ1) is 11.7. The highest BCUT2D eigenvalue weighted by Gasteiger charge is 2.27. The lowest BCUT2D eigenvalue weighted by Crippen LogP contribution is -2.43. The van der Waals surface area contributed by atoms with Gasteiger partial charge in [0.15, 0.2) is 14.5 Å². The van der Waals surface area contributed by atoms with Crippen molar-refractivity contribution in [1.29, 1.82) is 0 Å². The van der Waals surface area contributed by atoms with Crippen LogP contribution in [0, 0.1) is 0 Å². The summed E-state index contributed by atoms with van der Waals surface area (Å²) in [6, 6.07) is 1.57. The summed E-state index contributed by atoms with van der Waals surface area (Å²) < 4.78 is 27.8. The number of hydrogen-bond donors (Lipinski definition) is 0. The highest BCUT2D eigenvalue weighted by molar-refractivity contribution is 9.10. The summed E-state index contributed by atoms with van der Waals surface area (Å²) in [7, 11) is -2.96. The summed E-state index contributed by atoms with van der Waals surface area (Å²) in [6.45, 7) is 0.498. The third-order valence-corrected chi connectivity index (χ3v) is 4.70. The van der Waals surface area contributed by atoms with Crippen molar-refractivity contribution in [2.45, 2.75) is 0 Å². The average Bonchev–Trinajstić information content (AvgIpc) is 2.63. The number of carbonyl (C=O) groups is 1. The lowest BCUT2D eigenvalue weighted by Gasteiger charge is -2.26. The fraction of sp³-hybridized carbons (Fsp3) is 0.444. The van der Waals surface area contributed by atoms with E-state index in [2.05, 4.69) is 15.9 Å². The summed E-state index contributed by atoms with van der Waals surface area (Å²) in [4.78, 5) is 13.5. The second-order valence-corrected chi connectivity index (χ2v) is 6.58. The molecule has 0 unspecified atom stereocenters. The van der Waals surface area contributed by atoms with Crippen molar-refractivity contribution in [3.63, 3.8) is 0 Å². The van der Waals surface area contributed by atoms with Crippen LogP contribution in [-0.2, 0) is 9.84 Å². The van der Waals surface area contributed by atoms with Gasteiger partial charge in [0.1, 0.15) is 0 Å². The summed E-state index contributed by atoms with van der Waals surface area (Å²) >= 11 is 3.12. The number of amides is 1. The van der Waals surface area contributed by atoms with Crippen LogP contribution in [0.1, 0.15) is 10.4 Å². The molecule has 0 N–H and O–H groups in total. The fourth-order valence-electron chi connectivity index (χ4n) is 1.53. The van der Waals surface area contributed by atoms with Crippen LogP contribution >= 0.6 is 15.9 Å². The standard InChI is InChI=1S/C9H10BrNO4S/c10-8-7(1-4-15-8)9(12)11-2-5-16(13,14)6-3-11/h1,4H,2-3,5-6H2. The molecule has 1 amide bonds. The van der Waals surface area contributed by atoms with E-state index in [0.29, 0.717) is 10.2 Å². The van der Waals surface area contributed by atoms with Gasteiger partial charge in [-0.25, -0.2) is 8.42 Å². The van der Waals surface area contributed by atoms with Crippen LogP contribution in [0.5, 0.6) is 0 Å². The maximum absolute atomic E-state index is 11.9. The van der Waals surface area contributed by atoms with Crippen molar-refractivity contribution in [3.05, 3.63) is 22.6 Å². The van der Waals surface area contributed by atoms with Crippen LogP contribution < -0.4 is 0 Å². The molecule has 2 rings (SSSR count). The number of nitrogens with zero attached hydrogens (tertiary/aromatic N) is 1. The highest BCUT2D eigenvalue weighted by Crippen LogP contribution is 2.20. The Kier molecular flexibility index (Phi) is 3.07. The number of furan rings is 1. The molecule has 0 bridgehead atoms. The van der Waals surface area contributed by atoms with E-state index in [1.165, 1.54) is 11.2 Å². The predicted molar refractivity (Wildman–Crippen MR) is 61.0 cm³/mol. The van der Waals surface area contributed by atoms with Gasteiger partial charge in [-0.15, -0.1) is 0 Å². The number of hydrogen-bond acceptors (Lipinski definition) is 4. The summed E-state index contributed by atoms with van der Waals surface area (Å²) in [5.41, 5.74) is 0.430. The van der Waals surface area contributed by atoms with E-state index >= 15 is 0 Å². The Morgan fingerprint density at radius 1 is 1.38 bits per heavy atom. The third kappa shape index (κ3) is 2.30. The molecule has 1 aromatic rings. The van der Waals surface area contributed by atoms with Gasteiger partial charge in [0.2, 0.25) is 0 Å². The topological polar surface area (TPSA) is 67.6 Å². The molecular weight excluding hydrogens is 298 g/mol. The van der Waals surface area contributed by atoms with Gasteiger partial charge in [-0.05, 0) is 22.0 Å². The van der Waals surface area contributed by atoms with E-state index in [-0.39, 0.29) is 30.5 Å². The fourth-order valence-corrected chi connectivity index (χ4v) is 3.14. The molecule has 0 saturated carbocycles. The zero-order valence-electron chi connectivity index (χ0n) is 8.35. The molecule has 0 radical (unpaired) electrons. The molecule has 1 fully saturated rings. The SMILES string of the molecule is O=C(c1ccoc1Br)N1CCS(=O)(=O)CC1.